The maximum absolute atomic E-state index is 12.4. The fourth-order valence-electron chi connectivity index (χ4n) is 2.80. The van der Waals surface area contributed by atoms with Crippen molar-refractivity contribution in [3.05, 3.63) is 29.3 Å². The normalized spacial score (nSPS) is 20.7. The van der Waals surface area contributed by atoms with Crippen molar-refractivity contribution < 1.29 is 23.9 Å². The number of hydrogen-bond donors (Lipinski definition) is 0. The van der Waals surface area contributed by atoms with E-state index in [1.54, 1.807) is 19.2 Å². The summed E-state index contributed by atoms with van der Waals surface area (Å²) in [5.74, 6) is -1.85. The summed E-state index contributed by atoms with van der Waals surface area (Å²) in [5, 5.41) is 0. The number of esters is 1. The molecular formula is C18H22O5. The Labute approximate surface area is 136 Å². The van der Waals surface area contributed by atoms with Crippen LogP contribution in [0.5, 0.6) is 5.75 Å². The Morgan fingerprint density at radius 2 is 2.00 bits per heavy atom. The SMILES string of the molecule is COc1ccc(CC(=O)C2C(=O)OC(CC(C)C)C2=O)cc1C. The Morgan fingerprint density at radius 1 is 1.30 bits per heavy atom. The van der Waals surface area contributed by atoms with E-state index in [-0.39, 0.29) is 12.3 Å². The van der Waals surface area contributed by atoms with E-state index in [9.17, 15) is 14.4 Å². The molecule has 0 amide bonds. The van der Waals surface area contributed by atoms with E-state index in [1.165, 1.54) is 0 Å². The Balaban J connectivity index is 2.10. The zero-order chi connectivity index (χ0) is 17.1. The number of methoxy groups -OCH3 is 1. The monoisotopic (exact) mass is 318 g/mol. The Morgan fingerprint density at radius 3 is 2.57 bits per heavy atom. The molecule has 1 fully saturated rings. The highest BCUT2D eigenvalue weighted by Crippen LogP contribution is 2.25. The van der Waals surface area contributed by atoms with Crippen LogP contribution in [0.3, 0.4) is 0 Å². The van der Waals surface area contributed by atoms with Crippen molar-refractivity contribution in [2.75, 3.05) is 7.11 Å². The van der Waals surface area contributed by atoms with Crippen LogP contribution in [-0.4, -0.2) is 30.7 Å². The standard InChI is InChI=1S/C18H22O5/c1-10(2)7-15-17(20)16(18(21)23-15)13(19)9-12-5-6-14(22-4)11(3)8-12/h5-6,8,10,15-16H,7,9H2,1-4H3. The molecule has 0 aromatic heterocycles. The lowest BCUT2D eigenvalue weighted by atomic mass is 9.91. The van der Waals surface area contributed by atoms with E-state index in [4.69, 9.17) is 9.47 Å². The minimum atomic E-state index is -1.28. The molecule has 2 rings (SSSR count). The van der Waals surface area contributed by atoms with Gasteiger partial charge < -0.3 is 9.47 Å². The van der Waals surface area contributed by atoms with Gasteiger partial charge in [-0.15, -0.1) is 0 Å². The summed E-state index contributed by atoms with van der Waals surface area (Å²) in [6.07, 6.45) is -0.296. The topological polar surface area (TPSA) is 69.7 Å². The van der Waals surface area contributed by atoms with Gasteiger partial charge in [-0.2, -0.15) is 0 Å². The van der Waals surface area contributed by atoms with E-state index < -0.39 is 29.6 Å². The fourth-order valence-corrected chi connectivity index (χ4v) is 2.80. The first-order chi connectivity index (χ1) is 10.8. The Hall–Kier alpha value is -2.17. The van der Waals surface area contributed by atoms with Crippen LogP contribution < -0.4 is 4.74 Å². The second-order valence-corrected chi connectivity index (χ2v) is 6.34. The maximum Gasteiger partial charge on any atom is 0.325 e. The molecule has 1 heterocycles. The molecule has 0 spiro atoms. The first kappa shape index (κ1) is 17.2. The van der Waals surface area contributed by atoms with Gasteiger partial charge in [0.2, 0.25) is 0 Å². The highest BCUT2D eigenvalue weighted by molar-refractivity contribution is 6.22. The third-order valence-corrected chi connectivity index (χ3v) is 3.94. The van der Waals surface area contributed by atoms with E-state index in [2.05, 4.69) is 0 Å². The second kappa shape index (κ2) is 6.94. The van der Waals surface area contributed by atoms with Crippen molar-refractivity contribution in [3.8, 4) is 5.75 Å². The van der Waals surface area contributed by atoms with Crippen molar-refractivity contribution in [1.29, 1.82) is 0 Å². The molecule has 1 saturated heterocycles. The Bertz CT molecular complexity index is 632. The molecule has 124 valence electrons. The number of carbonyl (C=O) groups excluding carboxylic acids is 3. The van der Waals surface area contributed by atoms with E-state index in [0.717, 1.165) is 16.9 Å². The van der Waals surface area contributed by atoms with Crippen LogP contribution in [0.25, 0.3) is 0 Å². The molecule has 2 unspecified atom stereocenters. The van der Waals surface area contributed by atoms with Gasteiger partial charge in [0, 0.05) is 6.42 Å². The zero-order valence-electron chi connectivity index (χ0n) is 13.9. The van der Waals surface area contributed by atoms with E-state index in [1.807, 2.05) is 26.8 Å². The second-order valence-electron chi connectivity index (χ2n) is 6.34. The van der Waals surface area contributed by atoms with Gasteiger partial charge in [-0.3, -0.25) is 14.4 Å². The number of cyclic esters (lactones) is 1. The number of aryl methyl sites for hydroxylation is 1. The molecule has 2 atom stereocenters. The molecule has 0 aliphatic carbocycles. The first-order valence-corrected chi connectivity index (χ1v) is 7.74. The molecule has 0 radical (unpaired) electrons. The molecule has 0 bridgehead atoms. The third kappa shape index (κ3) is 3.78. The van der Waals surface area contributed by atoms with Gasteiger partial charge in [0.1, 0.15) is 5.75 Å². The lowest BCUT2D eigenvalue weighted by Gasteiger charge is -2.10. The van der Waals surface area contributed by atoms with Crippen molar-refractivity contribution in [1.82, 2.24) is 0 Å². The minimum absolute atomic E-state index is 0.0325. The first-order valence-electron chi connectivity index (χ1n) is 7.74. The van der Waals surface area contributed by atoms with Gasteiger partial charge in [-0.05, 0) is 36.5 Å². The number of carbonyl (C=O) groups is 3. The summed E-state index contributed by atoms with van der Waals surface area (Å²) >= 11 is 0. The number of hydrogen-bond acceptors (Lipinski definition) is 5. The van der Waals surface area contributed by atoms with Gasteiger partial charge in [0.15, 0.2) is 23.6 Å². The molecule has 5 heteroatoms. The molecular weight excluding hydrogens is 296 g/mol. The molecule has 23 heavy (non-hydrogen) atoms. The number of ketones is 2. The molecule has 1 aliphatic heterocycles. The number of rotatable bonds is 6. The molecule has 1 aromatic carbocycles. The lowest BCUT2D eigenvalue weighted by molar-refractivity contribution is -0.147. The largest absolute Gasteiger partial charge is 0.496 e. The average Bonchev–Trinajstić information content (AvgIpc) is 2.72. The predicted molar refractivity (Wildman–Crippen MR) is 84.3 cm³/mol. The molecule has 0 saturated carbocycles. The van der Waals surface area contributed by atoms with Crippen LogP contribution in [-0.2, 0) is 25.5 Å². The number of Topliss-reactive ketones (excluding diaryl/α,β-unsaturated/α-hetero) is 2. The Kier molecular flexibility index (Phi) is 5.19. The summed E-state index contributed by atoms with van der Waals surface area (Å²) in [5.41, 5.74) is 1.65. The summed E-state index contributed by atoms with van der Waals surface area (Å²) < 4.78 is 10.3. The number of ether oxygens (including phenoxy) is 2. The third-order valence-electron chi connectivity index (χ3n) is 3.94. The van der Waals surface area contributed by atoms with Gasteiger partial charge in [-0.25, -0.2) is 0 Å². The minimum Gasteiger partial charge on any atom is -0.496 e. The van der Waals surface area contributed by atoms with Gasteiger partial charge in [-0.1, -0.05) is 26.0 Å². The summed E-state index contributed by atoms with van der Waals surface area (Å²) in [7, 11) is 1.58. The van der Waals surface area contributed by atoms with Gasteiger partial charge in [0.05, 0.1) is 7.11 Å². The summed E-state index contributed by atoms with van der Waals surface area (Å²) in [6.45, 7) is 5.76. The summed E-state index contributed by atoms with van der Waals surface area (Å²) in [6, 6.07) is 5.36. The van der Waals surface area contributed by atoms with E-state index >= 15 is 0 Å². The van der Waals surface area contributed by atoms with Crippen LogP contribution >= 0.6 is 0 Å². The smallest absolute Gasteiger partial charge is 0.325 e. The van der Waals surface area contributed by atoms with Crippen LogP contribution in [0, 0.1) is 18.8 Å². The fraction of sp³-hybridized carbons (Fsp3) is 0.500. The summed E-state index contributed by atoms with van der Waals surface area (Å²) in [4.78, 5) is 36.5. The van der Waals surface area contributed by atoms with Gasteiger partial charge >= 0.3 is 5.97 Å². The van der Waals surface area contributed by atoms with Crippen LogP contribution in [0.2, 0.25) is 0 Å². The van der Waals surface area contributed by atoms with Crippen molar-refractivity contribution in [2.45, 2.75) is 39.7 Å². The predicted octanol–water partition coefficient (Wildman–Crippen LogP) is 2.27. The highest BCUT2D eigenvalue weighted by Gasteiger charge is 2.47. The quantitative estimate of drug-likeness (QED) is 0.594. The lowest BCUT2D eigenvalue weighted by Crippen LogP contribution is -2.29. The van der Waals surface area contributed by atoms with Crippen molar-refractivity contribution >= 4 is 17.5 Å². The molecule has 5 nitrogen and oxygen atoms in total. The number of benzene rings is 1. The molecule has 1 aliphatic rings. The van der Waals surface area contributed by atoms with Crippen LogP contribution in [0.15, 0.2) is 18.2 Å². The maximum atomic E-state index is 12.4. The highest BCUT2D eigenvalue weighted by atomic mass is 16.6. The average molecular weight is 318 g/mol. The van der Waals surface area contributed by atoms with Crippen molar-refractivity contribution in [2.24, 2.45) is 11.8 Å². The molecule has 0 N–H and O–H groups in total. The van der Waals surface area contributed by atoms with E-state index in [0.29, 0.717) is 6.42 Å². The van der Waals surface area contributed by atoms with Crippen molar-refractivity contribution in [3.63, 3.8) is 0 Å². The van der Waals surface area contributed by atoms with Crippen LogP contribution in [0.1, 0.15) is 31.4 Å². The molecule has 1 aromatic rings. The van der Waals surface area contributed by atoms with Gasteiger partial charge in [0.25, 0.3) is 0 Å². The van der Waals surface area contributed by atoms with Crippen LogP contribution in [0.4, 0.5) is 0 Å². The zero-order valence-corrected chi connectivity index (χ0v) is 13.9.